The lowest BCUT2D eigenvalue weighted by molar-refractivity contribution is -0.137. The predicted molar refractivity (Wildman–Crippen MR) is 93.9 cm³/mol. The number of nitrogens with zero attached hydrogens (tertiary/aromatic N) is 1. The fraction of sp³-hybridized carbons (Fsp3) is 0.188. The molecule has 0 spiro atoms. The van der Waals surface area contributed by atoms with Gasteiger partial charge in [-0.3, -0.25) is 19.2 Å². The Labute approximate surface area is 152 Å². The van der Waals surface area contributed by atoms with Crippen LogP contribution >= 0.6 is 11.3 Å². The summed E-state index contributed by atoms with van der Waals surface area (Å²) in [6.07, 6.45) is 0.186. The van der Waals surface area contributed by atoms with Crippen LogP contribution in [0.3, 0.4) is 0 Å². The Morgan fingerprint density at radius 2 is 1.73 bits per heavy atom. The summed E-state index contributed by atoms with van der Waals surface area (Å²) >= 11 is 1.08. The van der Waals surface area contributed by atoms with Gasteiger partial charge in [0.05, 0.1) is 13.0 Å². The lowest BCUT2D eigenvalue weighted by Crippen LogP contribution is -2.39. The molecule has 0 bridgehead atoms. The molecule has 1 aromatic heterocycles. The summed E-state index contributed by atoms with van der Waals surface area (Å²) in [5, 5.41) is 17.2. The number of carbonyl (C=O) groups is 4. The van der Waals surface area contributed by atoms with Gasteiger partial charge in [0.2, 0.25) is 11.8 Å². The van der Waals surface area contributed by atoms with E-state index in [1.54, 1.807) is 0 Å². The zero-order valence-corrected chi connectivity index (χ0v) is 14.3. The van der Waals surface area contributed by atoms with Crippen LogP contribution in [0.2, 0.25) is 0 Å². The van der Waals surface area contributed by atoms with Crippen molar-refractivity contribution < 1.29 is 24.3 Å². The standard InChI is InChI=1S/C16H16N4O5S/c21-12(6-10-4-2-1-3-5-10)20-16-19-11(9-26-16)15(25)18-7-13(22)17-8-14(23)24/h1-5,9H,6-8H2,(H,17,22)(H,18,25)(H,23,24)(H,19,20,21). The van der Waals surface area contributed by atoms with Gasteiger partial charge < -0.3 is 21.1 Å². The summed E-state index contributed by atoms with van der Waals surface area (Å²) in [5.41, 5.74) is 0.906. The van der Waals surface area contributed by atoms with Gasteiger partial charge in [0.25, 0.3) is 5.91 Å². The van der Waals surface area contributed by atoms with Crippen molar-refractivity contribution in [1.82, 2.24) is 15.6 Å². The topological polar surface area (TPSA) is 137 Å². The largest absolute Gasteiger partial charge is 0.480 e. The van der Waals surface area contributed by atoms with Gasteiger partial charge in [-0.15, -0.1) is 11.3 Å². The minimum absolute atomic E-state index is 0.0519. The van der Waals surface area contributed by atoms with Crippen molar-refractivity contribution in [3.05, 3.63) is 47.0 Å². The number of amides is 3. The van der Waals surface area contributed by atoms with Crippen LogP contribution < -0.4 is 16.0 Å². The number of anilines is 1. The Morgan fingerprint density at radius 1 is 1.00 bits per heavy atom. The number of aliphatic carboxylic acids is 1. The average molecular weight is 376 g/mol. The van der Waals surface area contributed by atoms with Gasteiger partial charge in [0, 0.05) is 5.38 Å². The highest BCUT2D eigenvalue weighted by molar-refractivity contribution is 7.14. The Balaban J connectivity index is 1.80. The van der Waals surface area contributed by atoms with Crippen molar-refractivity contribution in [2.24, 2.45) is 0 Å². The van der Waals surface area contributed by atoms with E-state index in [1.165, 1.54) is 5.38 Å². The molecule has 0 saturated heterocycles. The molecular weight excluding hydrogens is 360 g/mol. The van der Waals surface area contributed by atoms with Crippen LogP contribution in [0.15, 0.2) is 35.7 Å². The van der Waals surface area contributed by atoms with Crippen LogP contribution in [-0.2, 0) is 20.8 Å². The smallest absolute Gasteiger partial charge is 0.322 e. The van der Waals surface area contributed by atoms with Crippen LogP contribution in [-0.4, -0.2) is 46.9 Å². The van der Waals surface area contributed by atoms with Gasteiger partial charge in [0.15, 0.2) is 5.13 Å². The summed E-state index contributed by atoms with van der Waals surface area (Å²) < 4.78 is 0. The van der Waals surface area contributed by atoms with E-state index in [2.05, 4.69) is 20.9 Å². The zero-order chi connectivity index (χ0) is 18.9. The fourth-order valence-corrected chi connectivity index (χ4v) is 2.57. The molecule has 136 valence electrons. The Bertz CT molecular complexity index is 806. The predicted octanol–water partition coefficient (Wildman–Crippen LogP) is 0.255. The number of aromatic nitrogens is 1. The van der Waals surface area contributed by atoms with E-state index in [-0.39, 0.29) is 29.7 Å². The second kappa shape index (κ2) is 9.28. The van der Waals surface area contributed by atoms with Crippen molar-refractivity contribution in [3.63, 3.8) is 0 Å². The number of carboxylic acid groups (broad SMARTS) is 1. The summed E-state index contributed by atoms with van der Waals surface area (Å²) in [6, 6.07) is 9.18. The first kappa shape index (κ1) is 19.1. The number of rotatable bonds is 8. The maximum absolute atomic E-state index is 12.0. The molecule has 3 amide bonds. The molecule has 1 aromatic carbocycles. The van der Waals surface area contributed by atoms with Gasteiger partial charge in [-0.1, -0.05) is 30.3 Å². The molecule has 9 nitrogen and oxygen atoms in total. The number of carboxylic acids is 1. The molecule has 2 aromatic rings. The first-order valence-electron chi connectivity index (χ1n) is 7.50. The third-order valence-corrected chi connectivity index (χ3v) is 3.79. The van der Waals surface area contributed by atoms with Gasteiger partial charge in [-0.25, -0.2) is 4.98 Å². The average Bonchev–Trinajstić information content (AvgIpc) is 3.07. The van der Waals surface area contributed by atoms with E-state index in [4.69, 9.17) is 5.11 Å². The number of nitrogens with one attached hydrogen (secondary N) is 3. The van der Waals surface area contributed by atoms with Crippen LogP contribution in [0, 0.1) is 0 Å². The zero-order valence-electron chi connectivity index (χ0n) is 13.5. The molecule has 0 saturated carbocycles. The van der Waals surface area contributed by atoms with E-state index >= 15 is 0 Å². The van der Waals surface area contributed by atoms with Crippen LogP contribution in [0.25, 0.3) is 0 Å². The van der Waals surface area contributed by atoms with E-state index in [0.29, 0.717) is 0 Å². The molecule has 0 aliphatic rings. The molecule has 26 heavy (non-hydrogen) atoms. The summed E-state index contributed by atoms with van der Waals surface area (Å²) in [6.45, 7) is -0.900. The molecule has 2 rings (SSSR count). The minimum Gasteiger partial charge on any atom is -0.480 e. The quantitative estimate of drug-likeness (QED) is 0.521. The Kier molecular flexibility index (Phi) is 6.80. The first-order chi connectivity index (χ1) is 12.4. The maximum Gasteiger partial charge on any atom is 0.322 e. The van der Waals surface area contributed by atoms with Crippen molar-refractivity contribution in [1.29, 1.82) is 0 Å². The lowest BCUT2D eigenvalue weighted by Gasteiger charge is -2.03. The van der Waals surface area contributed by atoms with E-state index < -0.39 is 24.3 Å². The van der Waals surface area contributed by atoms with Crippen molar-refractivity contribution in [2.75, 3.05) is 18.4 Å². The SMILES string of the molecule is O=C(O)CNC(=O)CNC(=O)c1csc(NC(=O)Cc2ccccc2)n1. The van der Waals surface area contributed by atoms with Crippen LogP contribution in [0.4, 0.5) is 5.13 Å². The van der Waals surface area contributed by atoms with Crippen molar-refractivity contribution >= 4 is 40.2 Å². The highest BCUT2D eigenvalue weighted by atomic mass is 32.1. The van der Waals surface area contributed by atoms with Crippen molar-refractivity contribution in [2.45, 2.75) is 6.42 Å². The Morgan fingerprint density at radius 3 is 2.42 bits per heavy atom. The highest BCUT2D eigenvalue weighted by Crippen LogP contribution is 2.15. The second-order valence-corrected chi connectivity index (χ2v) is 5.96. The Hall–Kier alpha value is -3.27. The summed E-state index contributed by atoms with van der Waals surface area (Å²) in [4.78, 5) is 49.5. The summed E-state index contributed by atoms with van der Waals surface area (Å²) in [5.74, 6) is -2.67. The summed E-state index contributed by atoms with van der Waals surface area (Å²) in [7, 11) is 0. The molecule has 0 atom stereocenters. The molecule has 1 heterocycles. The molecular formula is C16H16N4O5S. The third-order valence-electron chi connectivity index (χ3n) is 3.04. The van der Waals surface area contributed by atoms with Crippen molar-refractivity contribution in [3.8, 4) is 0 Å². The van der Waals surface area contributed by atoms with Gasteiger partial charge in [0.1, 0.15) is 12.2 Å². The fourth-order valence-electron chi connectivity index (χ4n) is 1.87. The number of benzene rings is 1. The monoisotopic (exact) mass is 376 g/mol. The van der Waals surface area contributed by atoms with Gasteiger partial charge in [-0.05, 0) is 5.56 Å². The lowest BCUT2D eigenvalue weighted by atomic mass is 10.1. The minimum atomic E-state index is -1.18. The molecule has 0 aliphatic heterocycles. The van der Waals surface area contributed by atoms with Crippen LogP contribution in [0.5, 0.6) is 0 Å². The molecule has 10 heteroatoms. The molecule has 0 fully saturated rings. The van der Waals surface area contributed by atoms with E-state index in [9.17, 15) is 19.2 Å². The maximum atomic E-state index is 12.0. The molecule has 0 radical (unpaired) electrons. The second-order valence-electron chi connectivity index (χ2n) is 5.10. The molecule has 0 unspecified atom stereocenters. The number of carbonyl (C=O) groups excluding carboxylic acids is 3. The molecule has 4 N–H and O–H groups in total. The highest BCUT2D eigenvalue weighted by Gasteiger charge is 2.14. The van der Waals surface area contributed by atoms with E-state index in [0.717, 1.165) is 16.9 Å². The van der Waals surface area contributed by atoms with E-state index in [1.807, 2.05) is 30.3 Å². The number of thiazole rings is 1. The first-order valence-corrected chi connectivity index (χ1v) is 8.38. The van der Waals surface area contributed by atoms with Crippen LogP contribution in [0.1, 0.15) is 16.1 Å². The normalized spacial score (nSPS) is 10.0. The van der Waals surface area contributed by atoms with Gasteiger partial charge >= 0.3 is 5.97 Å². The third kappa shape index (κ3) is 6.32. The van der Waals surface area contributed by atoms with Gasteiger partial charge in [-0.2, -0.15) is 0 Å². The number of hydrogen-bond donors (Lipinski definition) is 4. The number of hydrogen-bond acceptors (Lipinski definition) is 6. The molecule has 0 aliphatic carbocycles.